The van der Waals surface area contributed by atoms with Crippen LogP contribution < -0.4 is 10.1 Å². The SMILES string of the molecule is COc1ccc(-c2onc3c2CCc2ccccc2-3)cc1NC(=O)C(C)Cl. The fourth-order valence-electron chi connectivity index (χ4n) is 3.39. The molecular weight excluding hydrogens is 364 g/mol. The van der Waals surface area contributed by atoms with Crippen LogP contribution in [0.15, 0.2) is 47.0 Å². The van der Waals surface area contributed by atoms with E-state index in [0.717, 1.165) is 41.0 Å². The van der Waals surface area contributed by atoms with Crippen molar-refractivity contribution in [3.8, 4) is 28.3 Å². The van der Waals surface area contributed by atoms with E-state index in [1.807, 2.05) is 24.3 Å². The van der Waals surface area contributed by atoms with Gasteiger partial charge in [-0.1, -0.05) is 29.4 Å². The van der Waals surface area contributed by atoms with E-state index in [1.165, 1.54) is 5.56 Å². The highest BCUT2D eigenvalue weighted by molar-refractivity contribution is 6.32. The van der Waals surface area contributed by atoms with Crippen LogP contribution in [0.4, 0.5) is 5.69 Å². The number of carbonyl (C=O) groups is 1. The molecule has 0 radical (unpaired) electrons. The predicted octanol–water partition coefficient (Wildman–Crippen LogP) is 4.68. The number of alkyl halides is 1. The fourth-order valence-corrected chi connectivity index (χ4v) is 3.44. The van der Waals surface area contributed by atoms with Gasteiger partial charge in [0, 0.05) is 16.7 Å². The van der Waals surface area contributed by atoms with Crippen LogP contribution in [0.25, 0.3) is 22.6 Å². The number of nitrogens with one attached hydrogen (secondary N) is 1. The molecule has 1 atom stereocenters. The van der Waals surface area contributed by atoms with Crippen molar-refractivity contribution in [3.05, 3.63) is 53.6 Å². The monoisotopic (exact) mass is 382 g/mol. The Kier molecular flexibility index (Phi) is 4.62. The highest BCUT2D eigenvalue weighted by Crippen LogP contribution is 2.40. The minimum absolute atomic E-state index is 0.291. The maximum absolute atomic E-state index is 12.0. The van der Waals surface area contributed by atoms with Gasteiger partial charge in [0.15, 0.2) is 5.76 Å². The molecule has 1 aliphatic rings. The Morgan fingerprint density at radius 3 is 2.85 bits per heavy atom. The number of benzene rings is 2. The molecule has 1 heterocycles. The Balaban J connectivity index is 1.75. The lowest BCUT2D eigenvalue weighted by atomic mass is 9.88. The summed E-state index contributed by atoms with van der Waals surface area (Å²) in [7, 11) is 1.56. The van der Waals surface area contributed by atoms with E-state index >= 15 is 0 Å². The lowest BCUT2D eigenvalue weighted by Crippen LogP contribution is -2.20. The average molecular weight is 383 g/mol. The minimum Gasteiger partial charge on any atom is -0.495 e. The third-order valence-electron chi connectivity index (χ3n) is 4.79. The van der Waals surface area contributed by atoms with Crippen LogP contribution in [-0.2, 0) is 17.6 Å². The molecule has 1 amide bonds. The summed E-state index contributed by atoms with van der Waals surface area (Å²) in [6.07, 6.45) is 1.80. The molecule has 1 unspecified atom stereocenters. The molecule has 2 aromatic carbocycles. The zero-order valence-electron chi connectivity index (χ0n) is 15.1. The van der Waals surface area contributed by atoms with Crippen LogP contribution in [0.5, 0.6) is 5.75 Å². The highest BCUT2D eigenvalue weighted by atomic mass is 35.5. The smallest absolute Gasteiger partial charge is 0.242 e. The van der Waals surface area contributed by atoms with E-state index in [0.29, 0.717) is 11.4 Å². The largest absolute Gasteiger partial charge is 0.495 e. The number of methoxy groups -OCH3 is 1. The number of aryl methyl sites for hydroxylation is 1. The zero-order chi connectivity index (χ0) is 19.0. The Morgan fingerprint density at radius 2 is 2.07 bits per heavy atom. The summed E-state index contributed by atoms with van der Waals surface area (Å²) in [5, 5.41) is 6.48. The summed E-state index contributed by atoms with van der Waals surface area (Å²) < 4.78 is 11.1. The molecule has 4 rings (SSSR count). The zero-order valence-corrected chi connectivity index (χ0v) is 15.8. The van der Waals surface area contributed by atoms with Crippen LogP contribution >= 0.6 is 11.6 Å². The summed E-state index contributed by atoms with van der Waals surface area (Å²) in [6, 6.07) is 13.8. The molecule has 0 saturated carbocycles. The lowest BCUT2D eigenvalue weighted by molar-refractivity contribution is -0.115. The first kappa shape index (κ1) is 17.6. The van der Waals surface area contributed by atoms with Crippen LogP contribution in [0.2, 0.25) is 0 Å². The number of nitrogens with zero attached hydrogens (tertiary/aromatic N) is 1. The van der Waals surface area contributed by atoms with Crippen molar-refractivity contribution in [2.75, 3.05) is 12.4 Å². The molecule has 1 aromatic heterocycles. The van der Waals surface area contributed by atoms with Gasteiger partial charge in [0.1, 0.15) is 16.8 Å². The maximum Gasteiger partial charge on any atom is 0.242 e. The molecule has 138 valence electrons. The van der Waals surface area contributed by atoms with Crippen molar-refractivity contribution in [1.29, 1.82) is 0 Å². The second kappa shape index (κ2) is 7.08. The predicted molar refractivity (Wildman–Crippen MR) is 105 cm³/mol. The Hall–Kier alpha value is -2.79. The number of amides is 1. The van der Waals surface area contributed by atoms with Crippen molar-refractivity contribution in [2.24, 2.45) is 0 Å². The third-order valence-corrected chi connectivity index (χ3v) is 4.98. The Labute approximate surface area is 162 Å². The van der Waals surface area contributed by atoms with Crippen molar-refractivity contribution >= 4 is 23.2 Å². The first-order chi connectivity index (χ1) is 13.1. The van der Waals surface area contributed by atoms with Gasteiger partial charge in [-0.3, -0.25) is 4.79 Å². The van der Waals surface area contributed by atoms with Crippen LogP contribution in [0.3, 0.4) is 0 Å². The summed E-state index contributed by atoms with van der Waals surface area (Å²) in [4.78, 5) is 12.0. The number of hydrogen-bond acceptors (Lipinski definition) is 4. The van der Waals surface area contributed by atoms with E-state index in [-0.39, 0.29) is 5.91 Å². The summed E-state index contributed by atoms with van der Waals surface area (Å²) in [5.74, 6) is 0.986. The molecule has 0 bridgehead atoms. The number of hydrogen-bond donors (Lipinski definition) is 1. The number of halogens is 1. The summed E-state index contributed by atoms with van der Waals surface area (Å²) in [6.45, 7) is 1.62. The van der Waals surface area contributed by atoms with Gasteiger partial charge in [-0.05, 0) is 43.5 Å². The molecular formula is C21H19ClN2O3. The second-order valence-corrected chi connectivity index (χ2v) is 7.17. The summed E-state index contributed by atoms with van der Waals surface area (Å²) >= 11 is 5.87. The van der Waals surface area contributed by atoms with Crippen LogP contribution in [-0.4, -0.2) is 23.6 Å². The Bertz CT molecular complexity index is 1010. The average Bonchev–Trinajstić information content (AvgIpc) is 3.12. The number of anilines is 1. The fraction of sp³-hybridized carbons (Fsp3) is 0.238. The van der Waals surface area contributed by atoms with Gasteiger partial charge in [0.2, 0.25) is 5.91 Å². The normalized spacial score (nSPS) is 13.4. The minimum atomic E-state index is -0.645. The molecule has 0 fully saturated rings. The standard InChI is InChI=1S/C21H19ClN2O3/c1-12(22)21(25)23-17-11-14(8-10-18(17)26-2)20-16-9-7-13-5-3-4-6-15(13)19(16)24-27-20/h3-6,8,10-12H,7,9H2,1-2H3,(H,23,25). The van der Waals surface area contributed by atoms with Gasteiger partial charge >= 0.3 is 0 Å². The lowest BCUT2D eigenvalue weighted by Gasteiger charge is -2.15. The molecule has 0 saturated heterocycles. The number of rotatable bonds is 4. The van der Waals surface area contributed by atoms with Crippen molar-refractivity contribution in [2.45, 2.75) is 25.1 Å². The number of ether oxygens (including phenoxy) is 1. The van der Waals surface area contributed by atoms with E-state index in [2.05, 4.69) is 22.6 Å². The number of carbonyl (C=O) groups excluding carboxylic acids is 1. The van der Waals surface area contributed by atoms with Crippen LogP contribution in [0.1, 0.15) is 18.1 Å². The number of aromatic nitrogens is 1. The topological polar surface area (TPSA) is 64.4 Å². The third kappa shape index (κ3) is 3.19. The van der Waals surface area contributed by atoms with E-state index in [1.54, 1.807) is 20.1 Å². The first-order valence-electron chi connectivity index (χ1n) is 8.78. The molecule has 0 aliphatic heterocycles. The van der Waals surface area contributed by atoms with Crippen molar-refractivity contribution in [1.82, 2.24) is 5.16 Å². The van der Waals surface area contributed by atoms with Gasteiger partial charge < -0.3 is 14.6 Å². The first-order valence-corrected chi connectivity index (χ1v) is 9.22. The molecule has 1 aliphatic carbocycles. The van der Waals surface area contributed by atoms with E-state index in [9.17, 15) is 4.79 Å². The molecule has 6 heteroatoms. The van der Waals surface area contributed by atoms with Gasteiger partial charge in [-0.25, -0.2) is 0 Å². The van der Waals surface area contributed by atoms with Crippen molar-refractivity contribution in [3.63, 3.8) is 0 Å². The van der Waals surface area contributed by atoms with Gasteiger partial charge in [0.05, 0.1) is 12.8 Å². The molecule has 1 N–H and O–H groups in total. The van der Waals surface area contributed by atoms with Crippen LogP contribution in [0, 0.1) is 0 Å². The Morgan fingerprint density at radius 1 is 1.26 bits per heavy atom. The molecule has 0 spiro atoms. The van der Waals surface area contributed by atoms with Crippen molar-refractivity contribution < 1.29 is 14.1 Å². The van der Waals surface area contributed by atoms with E-state index in [4.69, 9.17) is 20.9 Å². The maximum atomic E-state index is 12.0. The second-order valence-electron chi connectivity index (χ2n) is 6.52. The van der Waals surface area contributed by atoms with Gasteiger partial charge in [-0.15, -0.1) is 11.6 Å². The molecule has 27 heavy (non-hydrogen) atoms. The quantitative estimate of drug-likeness (QED) is 0.665. The molecule has 5 nitrogen and oxygen atoms in total. The highest BCUT2D eigenvalue weighted by Gasteiger charge is 2.25. The van der Waals surface area contributed by atoms with Gasteiger partial charge in [-0.2, -0.15) is 0 Å². The van der Waals surface area contributed by atoms with Gasteiger partial charge in [0.25, 0.3) is 0 Å². The molecule has 3 aromatic rings. The summed E-state index contributed by atoms with van der Waals surface area (Å²) in [5.41, 5.74) is 5.76. The van der Waals surface area contributed by atoms with E-state index < -0.39 is 5.38 Å². The number of fused-ring (bicyclic) bond motifs is 3.